The first-order valence-electron chi connectivity index (χ1n) is 6.80. The normalized spacial score (nSPS) is 23.0. The molecule has 0 bridgehead atoms. The predicted octanol–water partition coefficient (Wildman–Crippen LogP) is 3.15. The average Bonchev–Trinajstić information content (AvgIpc) is 2.41. The number of hydrogen-bond acceptors (Lipinski definition) is 3. The van der Waals surface area contributed by atoms with Crippen molar-refractivity contribution in [2.24, 2.45) is 5.92 Å². The third-order valence-corrected chi connectivity index (χ3v) is 3.83. The van der Waals surface area contributed by atoms with E-state index >= 15 is 0 Å². The Hall–Kier alpha value is -1.71. The van der Waals surface area contributed by atoms with Crippen molar-refractivity contribution in [2.75, 3.05) is 6.61 Å². The summed E-state index contributed by atoms with van der Waals surface area (Å²) in [6.45, 7) is 2.40. The maximum Gasteiger partial charge on any atom is 0.306 e. The fraction of sp³-hybridized carbons (Fsp3) is 0.533. The number of aliphatic carboxylic acids is 1. The van der Waals surface area contributed by atoms with E-state index in [1.165, 1.54) is 0 Å². The van der Waals surface area contributed by atoms with Crippen LogP contribution in [0, 0.1) is 5.92 Å². The van der Waals surface area contributed by atoms with Gasteiger partial charge in [-0.3, -0.25) is 4.79 Å². The SMILES string of the molecule is CCOc1cc(C2CCC(C(=O)O)CC2)ccc1O. The molecule has 1 saturated carbocycles. The molecule has 1 aliphatic rings. The first kappa shape index (κ1) is 13.7. The molecule has 1 fully saturated rings. The Kier molecular flexibility index (Phi) is 4.30. The van der Waals surface area contributed by atoms with Gasteiger partial charge in [-0.2, -0.15) is 0 Å². The average molecular weight is 264 g/mol. The molecule has 0 aromatic heterocycles. The van der Waals surface area contributed by atoms with Gasteiger partial charge in [-0.25, -0.2) is 0 Å². The van der Waals surface area contributed by atoms with Crippen LogP contribution >= 0.6 is 0 Å². The Labute approximate surface area is 113 Å². The zero-order chi connectivity index (χ0) is 13.8. The second-order valence-electron chi connectivity index (χ2n) is 5.05. The fourth-order valence-corrected chi connectivity index (χ4v) is 2.73. The van der Waals surface area contributed by atoms with Crippen LogP contribution in [0.25, 0.3) is 0 Å². The van der Waals surface area contributed by atoms with Gasteiger partial charge < -0.3 is 14.9 Å². The van der Waals surface area contributed by atoms with Crippen LogP contribution in [0.2, 0.25) is 0 Å². The van der Waals surface area contributed by atoms with E-state index in [-0.39, 0.29) is 11.7 Å². The van der Waals surface area contributed by atoms with Crippen molar-refractivity contribution >= 4 is 5.97 Å². The number of carbonyl (C=O) groups is 1. The third-order valence-electron chi connectivity index (χ3n) is 3.83. The maximum atomic E-state index is 10.9. The quantitative estimate of drug-likeness (QED) is 0.876. The van der Waals surface area contributed by atoms with E-state index in [4.69, 9.17) is 9.84 Å². The summed E-state index contributed by atoms with van der Waals surface area (Å²) in [5, 5.41) is 18.7. The lowest BCUT2D eigenvalue weighted by atomic mass is 9.79. The van der Waals surface area contributed by atoms with E-state index in [1.807, 2.05) is 19.1 Å². The van der Waals surface area contributed by atoms with Gasteiger partial charge in [0.1, 0.15) is 0 Å². The van der Waals surface area contributed by atoms with Crippen LogP contribution < -0.4 is 4.74 Å². The number of ether oxygens (including phenoxy) is 1. The van der Waals surface area contributed by atoms with Crippen LogP contribution in [-0.2, 0) is 4.79 Å². The molecule has 0 unspecified atom stereocenters. The predicted molar refractivity (Wildman–Crippen MR) is 71.6 cm³/mol. The van der Waals surface area contributed by atoms with Crippen molar-refractivity contribution in [3.8, 4) is 11.5 Å². The summed E-state index contributed by atoms with van der Waals surface area (Å²) in [6.07, 6.45) is 3.22. The minimum absolute atomic E-state index is 0.157. The zero-order valence-corrected chi connectivity index (χ0v) is 11.1. The molecule has 0 amide bonds. The lowest BCUT2D eigenvalue weighted by Crippen LogP contribution is -2.20. The van der Waals surface area contributed by atoms with Gasteiger partial charge in [-0.1, -0.05) is 6.07 Å². The first-order chi connectivity index (χ1) is 9.11. The standard InChI is InChI=1S/C15H20O4/c1-2-19-14-9-12(7-8-13(14)16)10-3-5-11(6-4-10)15(17)18/h7-11,16H,2-6H2,1H3,(H,17,18). The number of phenols is 1. The molecular formula is C15H20O4. The van der Waals surface area contributed by atoms with Crippen molar-refractivity contribution in [1.82, 2.24) is 0 Å². The highest BCUT2D eigenvalue weighted by atomic mass is 16.5. The van der Waals surface area contributed by atoms with Crippen molar-refractivity contribution in [3.05, 3.63) is 23.8 Å². The first-order valence-corrected chi connectivity index (χ1v) is 6.80. The maximum absolute atomic E-state index is 10.9. The van der Waals surface area contributed by atoms with Gasteiger partial charge in [0.2, 0.25) is 0 Å². The van der Waals surface area contributed by atoms with Crippen molar-refractivity contribution in [3.63, 3.8) is 0 Å². The Morgan fingerprint density at radius 2 is 2.00 bits per heavy atom. The number of carboxylic acids is 1. The smallest absolute Gasteiger partial charge is 0.306 e. The number of benzene rings is 1. The molecule has 19 heavy (non-hydrogen) atoms. The zero-order valence-electron chi connectivity index (χ0n) is 11.1. The monoisotopic (exact) mass is 264 g/mol. The molecule has 0 saturated heterocycles. The minimum atomic E-state index is -0.681. The van der Waals surface area contributed by atoms with E-state index in [1.54, 1.807) is 6.07 Å². The number of rotatable bonds is 4. The van der Waals surface area contributed by atoms with Gasteiger partial charge in [-0.05, 0) is 56.2 Å². The highest BCUT2D eigenvalue weighted by Crippen LogP contribution is 2.38. The summed E-state index contributed by atoms with van der Waals surface area (Å²) in [7, 11) is 0. The van der Waals surface area contributed by atoms with Gasteiger partial charge in [0, 0.05) is 0 Å². The molecule has 104 valence electrons. The molecule has 0 atom stereocenters. The van der Waals surface area contributed by atoms with Gasteiger partial charge >= 0.3 is 5.97 Å². The summed E-state index contributed by atoms with van der Waals surface area (Å²) in [5.74, 6) is 0.166. The molecule has 1 aromatic carbocycles. The Balaban J connectivity index is 2.07. The molecule has 0 heterocycles. The van der Waals surface area contributed by atoms with Crippen molar-refractivity contribution in [2.45, 2.75) is 38.5 Å². The van der Waals surface area contributed by atoms with E-state index in [0.717, 1.165) is 31.2 Å². The summed E-state index contributed by atoms with van der Waals surface area (Å²) in [6, 6.07) is 5.44. The second kappa shape index (κ2) is 5.95. The van der Waals surface area contributed by atoms with Crippen LogP contribution in [0.1, 0.15) is 44.1 Å². The van der Waals surface area contributed by atoms with Crippen molar-refractivity contribution < 1.29 is 19.7 Å². The lowest BCUT2D eigenvalue weighted by Gasteiger charge is -2.26. The van der Waals surface area contributed by atoms with E-state index in [0.29, 0.717) is 18.3 Å². The van der Waals surface area contributed by atoms with Gasteiger partial charge in [-0.15, -0.1) is 0 Å². The number of phenolic OH excluding ortho intramolecular Hbond substituents is 1. The number of carboxylic acid groups (broad SMARTS) is 1. The molecular weight excluding hydrogens is 244 g/mol. The largest absolute Gasteiger partial charge is 0.504 e. The Morgan fingerprint density at radius 3 is 2.58 bits per heavy atom. The second-order valence-corrected chi connectivity index (χ2v) is 5.05. The number of hydrogen-bond donors (Lipinski definition) is 2. The van der Waals surface area contributed by atoms with Crippen molar-refractivity contribution in [1.29, 1.82) is 0 Å². The van der Waals surface area contributed by atoms with Gasteiger partial charge in [0.25, 0.3) is 0 Å². The molecule has 0 aliphatic heterocycles. The molecule has 1 aromatic rings. The Bertz CT molecular complexity index is 447. The van der Waals surface area contributed by atoms with Gasteiger partial charge in [0.05, 0.1) is 12.5 Å². The van der Waals surface area contributed by atoms with Gasteiger partial charge in [0.15, 0.2) is 11.5 Å². The summed E-state index contributed by atoms with van der Waals surface area (Å²) in [4.78, 5) is 10.9. The molecule has 4 heteroatoms. The molecule has 0 radical (unpaired) electrons. The molecule has 2 rings (SSSR count). The number of aromatic hydroxyl groups is 1. The van der Waals surface area contributed by atoms with E-state index in [9.17, 15) is 9.90 Å². The third kappa shape index (κ3) is 3.19. The molecule has 4 nitrogen and oxygen atoms in total. The van der Waals surface area contributed by atoms with E-state index in [2.05, 4.69) is 0 Å². The summed E-state index contributed by atoms with van der Waals surface area (Å²) < 4.78 is 5.38. The Morgan fingerprint density at radius 1 is 1.32 bits per heavy atom. The van der Waals surface area contributed by atoms with E-state index < -0.39 is 5.97 Å². The van der Waals surface area contributed by atoms with Crippen LogP contribution in [0.5, 0.6) is 11.5 Å². The molecule has 0 spiro atoms. The highest BCUT2D eigenvalue weighted by Gasteiger charge is 2.27. The summed E-state index contributed by atoms with van der Waals surface area (Å²) in [5.41, 5.74) is 1.13. The molecule has 1 aliphatic carbocycles. The lowest BCUT2D eigenvalue weighted by molar-refractivity contribution is -0.142. The topological polar surface area (TPSA) is 66.8 Å². The van der Waals surface area contributed by atoms with Crippen LogP contribution in [0.15, 0.2) is 18.2 Å². The molecule has 2 N–H and O–H groups in total. The minimum Gasteiger partial charge on any atom is -0.504 e. The van der Waals surface area contributed by atoms with Crippen LogP contribution in [-0.4, -0.2) is 22.8 Å². The summed E-state index contributed by atoms with van der Waals surface area (Å²) >= 11 is 0. The van der Waals surface area contributed by atoms with Crippen LogP contribution in [0.4, 0.5) is 0 Å². The highest BCUT2D eigenvalue weighted by molar-refractivity contribution is 5.70. The van der Waals surface area contributed by atoms with Crippen LogP contribution in [0.3, 0.4) is 0 Å². The fourth-order valence-electron chi connectivity index (χ4n) is 2.73.